The molecule has 0 spiro atoms. The van der Waals surface area contributed by atoms with Crippen LogP contribution in [0.1, 0.15) is 47.2 Å². The van der Waals surface area contributed by atoms with Crippen LogP contribution >= 0.6 is 0 Å². The number of nitrogens with zero attached hydrogens (tertiary/aromatic N) is 4. The lowest BCUT2D eigenvalue weighted by atomic mass is 9.96. The molecule has 0 saturated heterocycles. The Balaban J connectivity index is 1.55. The van der Waals surface area contributed by atoms with E-state index in [1.54, 1.807) is 12.4 Å². The van der Waals surface area contributed by atoms with Gasteiger partial charge in [0.25, 0.3) is 0 Å². The van der Waals surface area contributed by atoms with E-state index in [0.717, 1.165) is 70.0 Å². The van der Waals surface area contributed by atoms with Crippen LogP contribution in [0.2, 0.25) is 0 Å². The van der Waals surface area contributed by atoms with Crippen LogP contribution in [0.4, 0.5) is 10.2 Å². The van der Waals surface area contributed by atoms with Gasteiger partial charge >= 0.3 is 0 Å². The first kappa shape index (κ1) is 19.2. The summed E-state index contributed by atoms with van der Waals surface area (Å²) in [7, 11) is 0. The lowest BCUT2D eigenvalue weighted by molar-refractivity contribution is 0.288. The van der Waals surface area contributed by atoms with E-state index in [1.807, 2.05) is 28.8 Å². The van der Waals surface area contributed by atoms with Crippen molar-refractivity contribution in [1.82, 2.24) is 19.6 Å². The SMILES string of the molecule is CCc1nccc(C)c1-c1cc2c(n3cnnc13)NCc1c(F)ccc3c1C(CC3)CO2. The average molecular weight is 429 g/mol. The highest BCUT2D eigenvalue weighted by Crippen LogP contribution is 2.42. The molecule has 1 aliphatic heterocycles. The Morgan fingerprint density at radius 1 is 1.28 bits per heavy atom. The van der Waals surface area contributed by atoms with Crippen LogP contribution < -0.4 is 10.1 Å². The molecular formula is C25H24FN5O. The van der Waals surface area contributed by atoms with Crippen LogP contribution in [-0.2, 0) is 19.4 Å². The molecule has 162 valence electrons. The predicted molar refractivity (Wildman–Crippen MR) is 121 cm³/mol. The van der Waals surface area contributed by atoms with Gasteiger partial charge in [-0.3, -0.25) is 9.38 Å². The molecule has 4 heterocycles. The first-order valence-electron chi connectivity index (χ1n) is 11.1. The molecule has 0 amide bonds. The molecule has 1 atom stereocenters. The van der Waals surface area contributed by atoms with Crippen molar-refractivity contribution in [1.29, 1.82) is 0 Å². The van der Waals surface area contributed by atoms with Gasteiger partial charge in [-0.05, 0) is 61.1 Å². The highest BCUT2D eigenvalue weighted by molar-refractivity contribution is 5.84. The minimum atomic E-state index is -0.165. The summed E-state index contributed by atoms with van der Waals surface area (Å²) in [6.45, 7) is 5.09. The molecule has 1 unspecified atom stereocenters. The maximum atomic E-state index is 14.8. The van der Waals surface area contributed by atoms with E-state index >= 15 is 0 Å². The van der Waals surface area contributed by atoms with E-state index in [1.165, 1.54) is 5.56 Å². The number of pyridine rings is 2. The minimum Gasteiger partial charge on any atom is -0.489 e. The van der Waals surface area contributed by atoms with Crippen molar-refractivity contribution in [2.24, 2.45) is 0 Å². The average Bonchev–Trinajstić information content (AvgIpc) is 3.45. The van der Waals surface area contributed by atoms with Crippen molar-refractivity contribution in [3.8, 4) is 16.9 Å². The molecule has 1 N–H and O–H groups in total. The summed E-state index contributed by atoms with van der Waals surface area (Å²) in [5.41, 5.74) is 7.97. The normalized spacial score (nSPS) is 17.0. The minimum absolute atomic E-state index is 0.165. The van der Waals surface area contributed by atoms with Crippen LogP contribution in [0.15, 0.2) is 36.8 Å². The highest BCUT2D eigenvalue weighted by atomic mass is 19.1. The molecule has 6 rings (SSSR count). The largest absolute Gasteiger partial charge is 0.489 e. The summed E-state index contributed by atoms with van der Waals surface area (Å²) < 4.78 is 23.1. The van der Waals surface area contributed by atoms with Gasteiger partial charge in [-0.2, -0.15) is 0 Å². The maximum absolute atomic E-state index is 14.8. The fourth-order valence-electron chi connectivity index (χ4n) is 5.28. The molecule has 4 aromatic rings. The molecular weight excluding hydrogens is 405 g/mol. The number of fused-ring (bicyclic) bond motifs is 3. The zero-order chi connectivity index (χ0) is 21.8. The zero-order valence-electron chi connectivity index (χ0n) is 18.2. The molecule has 0 radical (unpaired) electrons. The van der Waals surface area contributed by atoms with Gasteiger partial charge < -0.3 is 10.1 Å². The first-order valence-corrected chi connectivity index (χ1v) is 11.1. The number of hydrogen-bond acceptors (Lipinski definition) is 5. The van der Waals surface area contributed by atoms with Gasteiger partial charge in [-0.25, -0.2) is 4.39 Å². The Morgan fingerprint density at radius 2 is 2.19 bits per heavy atom. The number of rotatable bonds is 2. The quantitative estimate of drug-likeness (QED) is 0.494. The summed E-state index contributed by atoms with van der Waals surface area (Å²) in [5, 5.41) is 12.0. The molecule has 1 aromatic carbocycles. The standard InChI is InChI=1S/C25H24FN5O/c1-3-20-22(14(2)8-9-27-20)17-10-21-25(31-13-29-30-24(17)31)28-11-18-19(26)7-6-15-4-5-16(12-32-21)23(15)18/h6-10,13,16,28H,3-5,11-12H2,1-2H3. The van der Waals surface area contributed by atoms with Gasteiger partial charge in [-0.1, -0.05) is 13.0 Å². The number of aryl methyl sites for hydroxylation is 3. The molecule has 2 aliphatic rings. The number of ether oxygens (including phenoxy) is 1. The number of halogens is 1. The third-order valence-electron chi connectivity index (χ3n) is 6.81. The first-order chi connectivity index (χ1) is 15.7. The zero-order valence-corrected chi connectivity index (χ0v) is 18.2. The van der Waals surface area contributed by atoms with E-state index in [4.69, 9.17) is 4.74 Å². The van der Waals surface area contributed by atoms with E-state index in [2.05, 4.69) is 34.3 Å². The van der Waals surface area contributed by atoms with Crippen LogP contribution in [-0.4, -0.2) is 26.2 Å². The summed E-state index contributed by atoms with van der Waals surface area (Å²) in [5.74, 6) is 1.49. The van der Waals surface area contributed by atoms with Crippen molar-refractivity contribution in [3.05, 3.63) is 70.6 Å². The molecule has 7 heteroatoms. The Morgan fingerprint density at radius 3 is 3.06 bits per heavy atom. The number of anilines is 1. The number of hydrogen-bond donors (Lipinski definition) is 1. The lowest BCUT2D eigenvalue weighted by Crippen LogP contribution is -2.10. The monoisotopic (exact) mass is 429 g/mol. The second kappa shape index (κ2) is 7.29. The Kier molecular flexibility index (Phi) is 4.38. The van der Waals surface area contributed by atoms with E-state index < -0.39 is 0 Å². The highest BCUT2D eigenvalue weighted by Gasteiger charge is 2.30. The van der Waals surface area contributed by atoms with Crippen molar-refractivity contribution in [2.45, 2.75) is 45.6 Å². The van der Waals surface area contributed by atoms with Crippen LogP contribution in [0.3, 0.4) is 0 Å². The Bertz CT molecular complexity index is 1360. The summed E-state index contributed by atoms with van der Waals surface area (Å²) in [4.78, 5) is 4.60. The van der Waals surface area contributed by atoms with Crippen molar-refractivity contribution >= 4 is 11.5 Å². The third-order valence-corrected chi connectivity index (χ3v) is 6.81. The summed E-state index contributed by atoms with van der Waals surface area (Å²) in [6, 6.07) is 7.57. The van der Waals surface area contributed by atoms with E-state index in [9.17, 15) is 4.39 Å². The second-order valence-corrected chi connectivity index (χ2v) is 8.60. The molecule has 0 fully saturated rings. The Labute approximate surface area is 185 Å². The maximum Gasteiger partial charge on any atom is 0.170 e. The van der Waals surface area contributed by atoms with Gasteiger partial charge in [0.1, 0.15) is 12.1 Å². The van der Waals surface area contributed by atoms with Crippen LogP contribution in [0.5, 0.6) is 5.75 Å². The second-order valence-electron chi connectivity index (χ2n) is 8.60. The van der Waals surface area contributed by atoms with Gasteiger partial charge in [0.15, 0.2) is 17.2 Å². The molecule has 0 bridgehead atoms. The number of aromatic nitrogens is 4. The topological polar surface area (TPSA) is 64.3 Å². The Hall–Kier alpha value is -3.48. The number of benzene rings is 1. The molecule has 1 aliphatic carbocycles. The van der Waals surface area contributed by atoms with Gasteiger partial charge in [0, 0.05) is 41.0 Å². The van der Waals surface area contributed by atoms with Gasteiger partial charge in [0.2, 0.25) is 0 Å². The van der Waals surface area contributed by atoms with Gasteiger partial charge in [0.05, 0.1) is 6.61 Å². The van der Waals surface area contributed by atoms with Crippen LogP contribution in [0.25, 0.3) is 16.8 Å². The smallest absolute Gasteiger partial charge is 0.170 e. The number of nitrogens with one attached hydrogen (secondary N) is 1. The van der Waals surface area contributed by atoms with Crippen molar-refractivity contribution < 1.29 is 9.13 Å². The summed E-state index contributed by atoms with van der Waals surface area (Å²) in [6.07, 6.45) is 6.28. The molecule has 3 aromatic heterocycles. The molecule has 0 saturated carbocycles. The lowest BCUT2D eigenvalue weighted by Gasteiger charge is -2.18. The predicted octanol–water partition coefficient (Wildman–Crippen LogP) is 4.84. The van der Waals surface area contributed by atoms with Crippen molar-refractivity contribution in [2.75, 3.05) is 11.9 Å². The van der Waals surface area contributed by atoms with Gasteiger partial charge in [-0.15, -0.1) is 10.2 Å². The third kappa shape index (κ3) is 2.80. The van der Waals surface area contributed by atoms with E-state index in [0.29, 0.717) is 13.2 Å². The fourth-order valence-corrected chi connectivity index (χ4v) is 5.28. The summed E-state index contributed by atoms with van der Waals surface area (Å²) >= 11 is 0. The molecule has 6 nitrogen and oxygen atoms in total. The van der Waals surface area contributed by atoms with Crippen molar-refractivity contribution in [3.63, 3.8) is 0 Å². The fraction of sp³-hybridized carbons (Fsp3) is 0.320. The van der Waals surface area contributed by atoms with E-state index in [-0.39, 0.29) is 11.7 Å². The molecule has 32 heavy (non-hydrogen) atoms. The van der Waals surface area contributed by atoms with Crippen LogP contribution in [0, 0.1) is 12.7 Å².